The van der Waals surface area contributed by atoms with Crippen molar-refractivity contribution in [3.63, 3.8) is 0 Å². The summed E-state index contributed by atoms with van der Waals surface area (Å²) in [6, 6.07) is 25.3. The highest BCUT2D eigenvalue weighted by Gasteiger charge is 2.09. The zero-order valence-electron chi connectivity index (χ0n) is 12.3. The maximum absolute atomic E-state index is 4.91. The molecule has 0 fully saturated rings. The van der Waals surface area contributed by atoms with Crippen LogP contribution in [0, 0.1) is 0 Å². The number of nitrogens with zero attached hydrogens (tertiary/aromatic N) is 1. The average Bonchev–Trinajstić information content (AvgIpc) is 2.57. The first-order valence-electron chi connectivity index (χ1n) is 7.49. The van der Waals surface area contributed by atoms with E-state index in [1.165, 1.54) is 16.7 Å². The molecule has 0 radical (unpaired) electrons. The summed E-state index contributed by atoms with van der Waals surface area (Å²) < 4.78 is 0. The number of pyridine rings is 1. The van der Waals surface area contributed by atoms with Crippen LogP contribution in [-0.4, -0.2) is 4.98 Å². The Kier molecular flexibility index (Phi) is 4.11. The van der Waals surface area contributed by atoms with E-state index < -0.39 is 0 Å². The summed E-state index contributed by atoms with van der Waals surface area (Å²) in [6.07, 6.45) is 2.14. The summed E-state index contributed by atoms with van der Waals surface area (Å²) in [7, 11) is 0. The second-order valence-corrected chi connectivity index (χ2v) is 5.18. The van der Waals surface area contributed by atoms with Crippen molar-refractivity contribution in [3.8, 4) is 22.4 Å². The molecule has 0 saturated heterocycles. The Labute approximate surface area is 126 Å². The van der Waals surface area contributed by atoms with Gasteiger partial charge in [-0.2, -0.15) is 0 Å². The summed E-state index contributed by atoms with van der Waals surface area (Å²) >= 11 is 0. The molecule has 1 heteroatoms. The van der Waals surface area contributed by atoms with Crippen molar-refractivity contribution in [1.82, 2.24) is 4.98 Å². The molecule has 0 amide bonds. The van der Waals surface area contributed by atoms with Gasteiger partial charge in [-0.3, -0.25) is 4.98 Å². The molecule has 0 atom stereocenters. The topological polar surface area (TPSA) is 12.9 Å². The predicted molar refractivity (Wildman–Crippen MR) is 89.1 cm³/mol. The minimum absolute atomic E-state index is 1.02. The zero-order chi connectivity index (χ0) is 14.5. The van der Waals surface area contributed by atoms with Gasteiger partial charge in [0.2, 0.25) is 0 Å². The SMILES string of the molecule is CCCc1ccc(-c2ccccc2)c(-c2ccccc2)n1. The highest BCUT2D eigenvalue weighted by atomic mass is 14.7. The van der Waals surface area contributed by atoms with Gasteiger partial charge in [-0.15, -0.1) is 0 Å². The molecule has 21 heavy (non-hydrogen) atoms. The van der Waals surface area contributed by atoms with Crippen LogP contribution in [0.15, 0.2) is 72.8 Å². The lowest BCUT2D eigenvalue weighted by Crippen LogP contribution is -1.95. The van der Waals surface area contributed by atoms with Gasteiger partial charge in [0, 0.05) is 16.8 Å². The predicted octanol–water partition coefficient (Wildman–Crippen LogP) is 5.37. The Hall–Kier alpha value is -2.41. The molecule has 0 N–H and O–H groups in total. The van der Waals surface area contributed by atoms with Crippen LogP contribution in [0.5, 0.6) is 0 Å². The molecule has 0 saturated carbocycles. The zero-order valence-corrected chi connectivity index (χ0v) is 12.3. The third-order valence-corrected chi connectivity index (χ3v) is 3.59. The Morgan fingerprint density at radius 3 is 1.95 bits per heavy atom. The van der Waals surface area contributed by atoms with Crippen molar-refractivity contribution in [2.75, 3.05) is 0 Å². The molecular formula is C20H19N. The van der Waals surface area contributed by atoms with E-state index in [9.17, 15) is 0 Å². The monoisotopic (exact) mass is 273 g/mol. The van der Waals surface area contributed by atoms with Crippen molar-refractivity contribution in [1.29, 1.82) is 0 Å². The number of rotatable bonds is 4. The highest BCUT2D eigenvalue weighted by molar-refractivity contribution is 5.80. The highest BCUT2D eigenvalue weighted by Crippen LogP contribution is 2.30. The van der Waals surface area contributed by atoms with Crippen LogP contribution in [0.2, 0.25) is 0 Å². The number of hydrogen-bond donors (Lipinski definition) is 0. The molecular weight excluding hydrogens is 254 g/mol. The minimum atomic E-state index is 1.02. The average molecular weight is 273 g/mol. The van der Waals surface area contributed by atoms with Crippen LogP contribution < -0.4 is 0 Å². The molecule has 3 rings (SSSR count). The van der Waals surface area contributed by atoms with Gasteiger partial charge >= 0.3 is 0 Å². The largest absolute Gasteiger partial charge is 0.252 e. The van der Waals surface area contributed by atoms with E-state index in [4.69, 9.17) is 4.98 Å². The molecule has 0 unspecified atom stereocenters. The lowest BCUT2D eigenvalue weighted by Gasteiger charge is -2.11. The van der Waals surface area contributed by atoms with E-state index in [0.29, 0.717) is 0 Å². The molecule has 3 aromatic rings. The van der Waals surface area contributed by atoms with Crippen molar-refractivity contribution < 1.29 is 0 Å². The van der Waals surface area contributed by atoms with Gasteiger partial charge < -0.3 is 0 Å². The number of aromatic nitrogens is 1. The van der Waals surface area contributed by atoms with Crippen molar-refractivity contribution in [2.45, 2.75) is 19.8 Å². The Morgan fingerprint density at radius 2 is 1.33 bits per heavy atom. The van der Waals surface area contributed by atoms with Crippen molar-refractivity contribution in [2.24, 2.45) is 0 Å². The van der Waals surface area contributed by atoms with Gasteiger partial charge in [0.1, 0.15) is 0 Å². The summed E-state index contributed by atoms with van der Waals surface area (Å²) in [5.74, 6) is 0. The third kappa shape index (κ3) is 3.03. The van der Waals surface area contributed by atoms with Crippen molar-refractivity contribution >= 4 is 0 Å². The Balaban J connectivity index is 2.16. The fraction of sp³-hybridized carbons (Fsp3) is 0.150. The summed E-state index contributed by atoms with van der Waals surface area (Å²) in [6.45, 7) is 2.19. The van der Waals surface area contributed by atoms with Crippen LogP contribution in [0.4, 0.5) is 0 Å². The van der Waals surface area contributed by atoms with E-state index in [1.54, 1.807) is 0 Å². The van der Waals surface area contributed by atoms with Gasteiger partial charge in [-0.1, -0.05) is 80.1 Å². The van der Waals surface area contributed by atoms with Crippen LogP contribution in [0.25, 0.3) is 22.4 Å². The summed E-state index contributed by atoms with van der Waals surface area (Å²) in [5.41, 5.74) is 5.83. The maximum Gasteiger partial charge on any atom is 0.0783 e. The molecule has 1 aromatic heterocycles. The molecule has 1 nitrogen and oxygen atoms in total. The van der Waals surface area contributed by atoms with Crippen molar-refractivity contribution in [3.05, 3.63) is 78.5 Å². The van der Waals surface area contributed by atoms with Crippen LogP contribution in [0.3, 0.4) is 0 Å². The molecule has 0 aliphatic rings. The fourth-order valence-electron chi connectivity index (χ4n) is 2.56. The van der Waals surface area contributed by atoms with Gasteiger partial charge in [-0.05, 0) is 18.1 Å². The number of hydrogen-bond acceptors (Lipinski definition) is 1. The van der Waals surface area contributed by atoms with Crippen LogP contribution in [-0.2, 0) is 6.42 Å². The van der Waals surface area contributed by atoms with E-state index in [2.05, 4.69) is 67.6 Å². The van der Waals surface area contributed by atoms with E-state index in [1.807, 2.05) is 12.1 Å². The first-order valence-corrected chi connectivity index (χ1v) is 7.49. The van der Waals surface area contributed by atoms with Crippen LogP contribution in [0.1, 0.15) is 19.0 Å². The second-order valence-electron chi connectivity index (χ2n) is 5.18. The quantitative estimate of drug-likeness (QED) is 0.623. The lowest BCUT2D eigenvalue weighted by atomic mass is 9.98. The van der Waals surface area contributed by atoms with Gasteiger partial charge in [0.25, 0.3) is 0 Å². The number of benzene rings is 2. The molecule has 0 aliphatic heterocycles. The van der Waals surface area contributed by atoms with Gasteiger partial charge in [0.05, 0.1) is 5.69 Å². The molecule has 1 heterocycles. The smallest absolute Gasteiger partial charge is 0.0783 e. The maximum atomic E-state index is 4.91. The number of aryl methyl sites for hydroxylation is 1. The molecule has 0 aliphatic carbocycles. The van der Waals surface area contributed by atoms with E-state index >= 15 is 0 Å². The lowest BCUT2D eigenvalue weighted by molar-refractivity contribution is 0.885. The second kappa shape index (κ2) is 6.36. The molecule has 0 spiro atoms. The Morgan fingerprint density at radius 1 is 0.714 bits per heavy atom. The molecule has 2 aromatic carbocycles. The summed E-state index contributed by atoms with van der Waals surface area (Å²) in [5, 5.41) is 0. The van der Waals surface area contributed by atoms with Gasteiger partial charge in [-0.25, -0.2) is 0 Å². The third-order valence-electron chi connectivity index (χ3n) is 3.59. The first kappa shape index (κ1) is 13.6. The van der Waals surface area contributed by atoms with E-state index in [-0.39, 0.29) is 0 Å². The van der Waals surface area contributed by atoms with Gasteiger partial charge in [0.15, 0.2) is 0 Å². The molecule has 104 valence electrons. The minimum Gasteiger partial charge on any atom is -0.252 e. The first-order chi connectivity index (χ1) is 10.4. The van der Waals surface area contributed by atoms with E-state index in [0.717, 1.165) is 24.2 Å². The fourth-order valence-corrected chi connectivity index (χ4v) is 2.56. The summed E-state index contributed by atoms with van der Waals surface area (Å²) in [4.78, 5) is 4.91. The standard InChI is InChI=1S/C20H19N/c1-2-9-18-14-15-19(16-10-5-3-6-11-16)20(21-18)17-12-7-4-8-13-17/h3-8,10-15H,2,9H2,1H3. The normalized spacial score (nSPS) is 10.5. The molecule has 0 bridgehead atoms. The Bertz CT molecular complexity index is 702. The van der Waals surface area contributed by atoms with Crippen LogP contribution >= 0.6 is 0 Å².